The summed E-state index contributed by atoms with van der Waals surface area (Å²) >= 11 is 12.9. The number of carbonyl (C=O) groups excluding carboxylic acids is 1. The van der Waals surface area contributed by atoms with E-state index in [0.29, 0.717) is 44.3 Å². The molecule has 3 rings (SSSR count). The van der Waals surface area contributed by atoms with Gasteiger partial charge in [0.05, 0.1) is 4.91 Å². The summed E-state index contributed by atoms with van der Waals surface area (Å²) in [5, 5.41) is 13.5. The first-order valence-electron chi connectivity index (χ1n) is 10.1. The summed E-state index contributed by atoms with van der Waals surface area (Å²) in [5.74, 6) is 0.350. The van der Waals surface area contributed by atoms with Crippen LogP contribution in [0.3, 0.4) is 0 Å². The monoisotopic (exact) mass is 486 g/mol. The van der Waals surface area contributed by atoms with Gasteiger partial charge in [-0.3, -0.25) is 19.1 Å². The van der Waals surface area contributed by atoms with Crippen molar-refractivity contribution in [2.24, 2.45) is 0 Å². The molecule has 0 spiro atoms. The van der Waals surface area contributed by atoms with Crippen LogP contribution in [0, 0.1) is 18.3 Å². The molecule has 1 aliphatic rings. The Balaban J connectivity index is 2.17. The van der Waals surface area contributed by atoms with Gasteiger partial charge in [0.15, 0.2) is 0 Å². The third-order valence-electron chi connectivity index (χ3n) is 5.21. The third kappa shape index (κ3) is 4.46. The van der Waals surface area contributed by atoms with Crippen LogP contribution in [0.1, 0.15) is 43.0 Å². The van der Waals surface area contributed by atoms with E-state index in [2.05, 4.69) is 5.32 Å². The maximum atomic E-state index is 13.0. The van der Waals surface area contributed by atoms with Gasteiger partial charge in [0.2, 0.25) is 0 Å². The number of hydrogen-bond acceptors (Lipinski definition) is 6. The minimum Gasteiger partial charge on any atom is -0.367 e. The molecule has 0 aliphatic carbocycles. The summed E-state index contributed by atoms with van der Waals surface area (Å²) in [6.07, 6.45) is 1.72. The molecule has 1 aliphatic heterocycles. The number of thiocarbonyl (C=S) groups is 1. The number of nitrogens with zero attached hydrogens (tertiary/aromatic N) is 3. The van der Waals surface area contributed by atoms with Crippen molar-refractivity contribution in [2.75, 3.05) is 5.32 Å². The zero-order chi connectivity index (χ0) is 23.6. The van der Waals surface area contributed by atoms with E-state index in [9.17, 15) is 14.9 Å². The average Bonchev–Trinajstić information content (AvgIpc) is 3.03. The Morgan fingerprint density at radius 3 is 2.56 bits per heavy atom. The van der Waals surface area contributed by atoms with Gasteiger partial charge >= 0.3 is 0 Å². The lowest BCUT2D eigenvalue weighted by Gasteiger charge is -2.20. The van der Waals surface area contributed by atoms with Gasteiger partial charge < -0.3 is 5.32 Å². The normalized spacial score (nSPS) is 15.0. The molecular formula is C23H23ClN4O2S2. The highest BCUT2D eigenvalue weighted by Gasteiger charge is 2.34. The van der Waals surface area contributed by atoms with Crippen LogP contribution in [0.2, 0.25) is 5.02 Å². The summed E-state index contributed by atoms with van der Waals surface area (Å²) < 4.78 is 2.00. The van der Waals surface area contributed by atoms with Gasteiger partial charge in [0.25, 0.3) is 11.5 Å². The lowest BCUT2D eigenvalue weighted by Crippen LogP contribution is -2.34. The van der Waals surface area contributed by atoms with Crippen molar-refractivity contribution in [3.8, 4) is 6.07 Å². The second-order valence-corrected chi connectivity index (χ2v) is 9.60. The van der Waals surface area contributed by atoms with Gasteiger partial charge in [-0.2, -0.15) is 5.26 Å². The van der Waals surface area contributed by atoms with Crippen LogP contribution in [-0.4, -0.2) is 25.7 Å². The molecule has 0 saturated carbocycles. The number of rotatable bonds is 6. The molecule has 0 bridgehead atoms. The van der Waals surface area contributed by atoms with E-state index in [0.717, 1.165) is 5.56 Å². The molecule has 0 atom stereocenters. The molecule has 1 amide bonds. The lowest BCUT2D eigenvalue weighted by atomic mass is 10.0. The van der Waals surface area contributed by atoms with Crippen LogP contribution in [-0.2, 0) is 17.9 Å². The van der Waals surface area contributed by atoms with Gasteiger partial charge in [-0.25, -0.2) is 0 Å². The molecule has 6 nitrogen and oxygen atoms in total. The second kappa shape index (κ2) is 9.90. The number of nitriles is 1. The van der Waals surface area contributed by atoms with Crippen molar-refractivity contribution in [3.63, 3.8) is 0 Å². The fraction of sp³-hybridized carbons (Fsp3) is 0.304. The molecule has 32 heavy (non-hydrogen) atoms. The quantitative estimate of drug-likeness (QED) is 0.461. The number of anilines is 1. The Hall–Kier alpha value is -2.60. The number of benzene rings is 1. The first kappa shape index (κ1) is 24.1. The number of carbonyl (C=O) groups is 1. The fourth-order valence-electron chi connectivity index (χ4n) is 3.53. The molecular weight excluding hydrogens is 464 g/mol. The number of thioether (sulfide) groups is 1. The third-order valence-corrected chi connectivity index (χ3v) is 6.91. The number of nitrogens with one attached hydrogen (secondary N) is 1. The largest absolute Gasteiger partial charge is 0.367 e. The predicted octanol–water partition coefficient (Wildman–Crippen LogP) is 4.92. The lowest BCUT2D eigenvalue weighted by molar-refractivity contribution is -0.123. The minimum atomic E-state index is -0.374. The summed E-state index contributed by atoms with van der Waals surface area (Å²) in [5.41, 5.74) is 1.67. The molecule has 9 heteroatoms. The first-order chi connectivity index (χ1) is 15.2. The van der Waals surface area contributed by atoms with Crippen LogP contribution >= 0.6 is 35.6 Å². The molecule has 2 heterocycles. The Bertz CT molecular complexity index is 1230. The van der Waals surface area contributed by atoms with E-state index in [-0.39, 0.29) is 23.1 Å². The van der Waals surface area contributed by atoms with Crippen molar-refractivity contribution in [1.29, 1.82) is 5.26 Å². The number of hydrogen-bond donors (Lipinski definition) is 1. The SMILES string of the molecule is CCn1c(NCc2ccccc2Cl)c(/C=C2/SC(=S)N(C(C)C)C2=O)c(C)c(C#N)c1=O. The molecule has 0 radical (unpaired) electrons. The molecule has 1 N–H and O–H groups in total. The average molecular weight is 487 g/mol. The Morgan fingerprint density at radius 1 is 1.31 bits per heavy atom. The van der Waals surface area contributed by atoms with E-state index < -0.39 is 0 Å². The van der Waals surface area contributed by atoms with Gasteiger partial charge in [0, 0.05) is 29.7 Å². The molecule has 1 saturated heterocycles. The van der Waals surface area contributed by atoms with E-state index >= 15 is 0 Å². The summed E-state index contributed by atoms with van der Waals surface area (Å²) in [7, 11) is 0. The Kier molecular flexibility index (Phi) is 7.44. The van der Waals surface area contributed by atoms with Gasteiger partial charge in [-0.15, -0.1) is 0 Å². The Morgan fingerprint density at radius 2 is 2.00 bits per heavy atom. The van der Waals surface area contributed by atoms with Gasteiger partial charge in [-0.1, -0.05) is 53.8 Å². The standard InChI is InChI=1S/C23H23ClN4O2S2/c1-5-27-20(26-12-15-8-6-7-9-18(15)24)16(14(4)17(11-25)21(27)29)10-19-22(30)28(13(2)3)23(31)32-19/h6-10,13,26H,5,12H2,1-4H3/b19-10+. The van der Waals surface area contributed by atoms with E-state index in [1.54, 1.807) is 24.0 Å². The van der Waals surface area contributed by atoms with E-state index in [4.69, 9.17) is 23.8 Å². The predicted molar refractivity (Wildman–Crippen MR) is 135 cm³/mol. The number of pyridine rings is 1. The first-order valence-corrected chi connectivity index (χ1v) is 11.7. The number of aromatic nitrogens is 1. The highest BCUT2D eigenvalue weighted by Crippen LogP contribution is 2.36. The molecule has 1 aromatic carbocycles. The van der Waals surface area contributed by atoms with Crippen molar-refractivity contribution in [2.45, 2.75) is 46.8 Å². The highest BCUT2D eigenvalue weighted by molar-refractivity contribution is 8.26. The molecule has 2 aromatic rings. The molecule has 1 aromatic heterocycles. The molecule has 1 fully saturated rings. The molecule has 0 unspecified atom stereocenters. The second-order valence-electron chi connectivity index (χ2n) is 7.51. The van der Waals surface area contributed by atoms with Crippen LogP contribution < -0.4 is 10.9 Å². The van der Waals surface area contributed by atoms with Crippen LogP contribution in [0.5, 0.6) is 0 Å². The van der Waals surface area contributed by atoms with Crippen molar-refractivity contribution < 1.29 is 4.79 Å². The van der Waals surface area contributed by atoms with Crippen LogP contribution in [0.15, 0.2) is 34.0 Å². The van der Waals surface area contributed by atoms with Crippen molar-refractivity contribution >= 4 is 57.7 Å². The zero-order valence-electron chi connectivity index (χ0n) is 18.2. The van der Waals surface area contributed by atoms with E-state index in [1.807, 2.05) is 45.0 Å². The number of amides is 1. The van der Waals surface area contributed by atoms with Crippen molar-refractivity contribution in [1.82, 2.24) is 9.47 Å². The zero-order valence-corrected chi connectivity index (χ0v) is 20.6. The summed E-state index contributed by atoms with van der Waals surface area (Å²) in [4.78, 5) is 27.9. The van der Waals surface area contributed by atoms with Crippen LogP contribution in [0.4, 0.5) is 5.82 Å². The molecule has 166 valence electrons. The maximum Gasteiger partial charge on any atom is 0.270 e. The Labute approximate surface area is 201 Å². The highest BCUT2D eigenvalue weighted by atomic mass is 35.5. The number of halogens is 1. The topological polar surface area (TPSA) is 78.1 Å². The van der Waals surface area contributed by atoms with Gasteiger partial charge in [0.1, 0.15) is 21.8 Å². The summed E-state index contributed by atoms with van der Waals surface area (Å²) in [6.45, 7) is 8.09. The smallest absolute Gasteiger partial charge is 0.270 e. The van der Waals surface area contributed by atoms with Gasteiger partial charge in [-0.05, 0) is 51.0 Å². The summed E-state index contributed by atoms with van der Waals surface area (Å²) in [6, 6.07) is 9.39. The van der Waals surface area contributed by atoms with E-state index in [1.165, 1.54) is 16.3 Å². The minimum absolute atomic E-state index is 0.0562. The maximum absolute atomic E-state index is 13.0. The van der Waals surface area contributed by atoms with Crippen LogP contribution in [0.25, 0.3) is 6.08 Å². The van der Waals surface area contributed by atoms with Crippen molar-refractivity contribution in [3.05, 3.63) is 66.8 Å². The fourth-order valence-corrected chi connectivity index (χ4v) is 5.24.